The molecule has 3 N–H and O–H groups in total. The number of H-pyrrole nitrogens is 1. The van der Waals surface area contributed by atoms with Crippen molar-refractivity contribution < 1.29 is 22.9 Å². The minimum atomic E-state index is -4.55. The summed E-state index contributed by atoms with van der Waals surface area (Å²) in [5.74, 6) is 2.01. The fourth-order valence-corrected chi connectivity index (χ4v) is 12.2. The zero-order valence-corrected chi connectivity index (χ0v) is 38.9. The minimum absolute atomic E-state index is 0.00114. The van der Waals surface area contributed by atoms with Crippen molar-refractivity contribution in [1.29, 1.82) is 0 Å². The summed E-state index contributed by atoms with van der Waals surface area (Å²) in [5, 5.41) is 16.6. The Morgan fingerprint density at radius 2 is 1.66 bits per heavy atom. The Morgan fingerprint density at radius 1 is 0.881 bits per heavy atom. The van der Waals surface area contributed by atoms with E-state index in [-0.39, 0.29) is 33.6 Å². The predicted molar refractivity (Wildman–Crippen MR) is 260 cm³/mol. The summed E-state index contributed by atoms with van der Waals surface area (Å²) in [6.07, 6.45) is 22.5. The average Bonchev–Trinajstić information content (AvgIpc) is 4.30. The van der Waals surface area contributed by atoms with Gasteiger partial charge in [-0.25, -0.2) is 18.1 Å². The molecule has 4 saturated carbocycles. The number of amides is 1. The minimum Gasteiger partial charge on any atom is -0.455 e. The van der Waals surface area contributed by atoms with E-state index in [1.54, 1.807) is 24.5 Å². The number of rotatable bonds is 17. The van der Waals surface area contributed by atoms with Crippen molar-refractivity contribution in [1.82, 2.24) is 24.5 Å². The van der Waals surface area contributed by atoms with Crippen LogP contribution in [0.3, 0.4) is 0 Å². The Kier molecular flexibility index (Phi) is 12.1. The van der Waals surface area contributed by atoms with Crippen LogP contribution in [-0.4, -0.2) is 76.8 Å². The van der Waals surface area contributed by atoms with Crippen LogP contribution in [0.15, 0.2) is 96.2 Å². The number of aromatic nitrogens is 2. The molecule has 2 atom stereocenters. The molecule has 3 heterocycles. The van der Waals surface area contributed by atoms with E-state index in [1.807, 2.05) is 18.2 Å². The number of carbonyl (C=O) groups excluding carboxylic acids is 1. The van der Waals surface area contributed by atoms with Crippen LogP contribution in [0.1, 0.15) is 135 Å². The van der Waals surface area contributed by atoms with Crippen molar-refractivity contribution in [3.05, 3.63) is 124 Å². The molecule has 1 amide bonds. The van der Waals surface area contributed by atoms with Crippen LogP contribution >= 0.6 is 0 Å². The summed E-state index contributed by atoms with van der Waals surface area (Å²) in [6, 6.07) is 23.2. The first kappa shape index (κ1) is 44.0. The number of ether oxygens (including phenoxy) is 1. The van der Waals surface area contributed by atoms with Gasteiger partial charge in [0.25, 0.3) is 21.6 Å². The normalized spacial score (nSPS) is 23.6. The molecule has 2 aromatic heterocycles. The van der Waals surface area contributed by atoms with Gasteiger partial charge in [0.1, 0.15) is 22.8 Å². The number of hydrogen-bond acceptors (Lipinski definition) is 10. The maximum atomic E-state index is 14.1. The molecule has 6 aliphatic rings. The standard InChI is InChI=1S/C53H61N7O6S/c61-53(57-67(64,65)44-22-24-48(50(30-44)60(62)63)56-40-16-20-41(21-17-40)58(32-34-7-8-34)33-35-9-10-35)47-23-15-38(29-51(47)66-43-28-39-25-26-54-52(39)55-31-43)36-13-18-42(19-14-36)59-27-3-6-49(59)46-5-2-1-4-45(46)37-11-12-37/h1-2,4-5,13,15,22-26,28-31,34-35,37,40-42,49,56H,3,6-12,14,16-21,27,32-33H2,(H,54,55)(H,57,61). The van der Waals surface area contributed by atoms with Crippen LogP contribution in [0.2, 0.25) is 0 Å². The fraction of sp³-hybridized carbons (Fsp3) is 0.472. The quantitative estimate of drug-likeness (QED) is 0.0604. The first-order valence-electron chi connectivity index (χ1n) is 24.8. The third-order valence-electron chi connectivity index (χ3n) is 15.4. The van der Waals surface area contributed by atoms with Crippen molar-refractivity contribution in [2.45, 2.75) is 131 Å². The molecular formula is C53H61N7O6S. The number of aromatic amines is 1. The van der Waals surface area contributed by atoms with Gasteiger partial charge in [0, 0.05) is 54.9 Å². The van der Waals surface area contributed by atoms with E-state index in [0.29, 0.717) is 35.4 Å². The van der Waals surface area contributed by atoms with E-state index in [0.717, 1.165) is 85.9 Å². The van der Waals surface area contributed by atoms with Crippen LogP contribution in [0, 0.1) is 22.0 Å². The molecule has 5 fully saturated rings. The number of nitro groups is 1. The summed E-state index contributed by atoms with van der Waals surface area (Å²) in [6.45, 7) is 3.47. The molecule has 2 unspecified atom stereocenters. The lowest BCUT2D eigenvalue weighted by Crippen LogP contribution is -2.42. The maximum Gasteiger partial charge on any atom is 0.293 e. The Labute approximate surface area is 393 Å². The second kappa shape index (κ2) is 18.5. The third kappa shape index (κ3) is 9.89. The Morgan fingerprint density at radius 3 is 2.37 bits per heavy atom. The second-order valence-electron chi connectivity index (χ2n) is 20.2. The van der Waals surface area contributed by atoms with Crippen molar-refractivity contribution in [3.63, 3.8) is 0 Å². The van der Waals surface area contributed by atoms with Crippen LogP contribution in [-0.2, 0) is 10.0 Å². The fourth-order valence-electron chi connectivity index (χ4n) is 11.3. The van der Waals surface area contributed by atoms with Crippen molar-refractivity contribution in [3.8, 4) is 11.5 Å². The molecule has 14 heteroatoms. The number of sulfonamides is 1. The van der Waals surface area contributed by atoms with E-state index in [2.05, 4.69) is 60.1 Å². The van der Waals surface area contributed by atoms with Gasteiger partial charge < -0.3 is 15.0 Å². The summed E-state index contributed by atoms with van der Waals surface area (Å²) in [7, 11) is -4.55. The van der Waals surface area contributed by atoms with Gasteiger partial charge in [-0.05, 0) is 179 Å². The lowest BCUT2D eigenvalue weighted by atomic mass is 9.88. The molecule has 350 valence electrons. The number of nitrogens with one attached hydrogen (secondary N) is 3. The van der Waals surface area contributed by atoms with E-state index < -0.39 is 20.9 Å². The molecule has 13 nitrogen and oxygen atoms in total. The summed E-state index contributed by atoms with van der Waals surface area (Å²) in [4.78, 5) is 38.6. The number of benzene rings is 3. The molecule has 0 spiro atoms. The van der Waals surface area contributed by atoms with Gasteiger partial charge in [-0.1, -0.05) is 36.4 Å². The van der Waals surface area contributed by atoms with Gasteiger partial charge >= 0.3 is 0 Å². The van der Waals surface area contributed by atoms with Crippen molar-refractivity contribution >= 4 is 43.9 Å². The first-order valence-corrected chi connectivity index (χ1v) is 26.3. The van der Waals surface area contributed by atoms with Gasteiger partial charge in [-0.2, -0.15) is 0 Å². The van der Waals surface area contributed by atoms with E-state index in [9.17, 15) is 23.3 Å². The van der Waals surface area contributed by atoms with E-state index in [1.165, 1.54) is 87.7 Å². The highest BCUT2D eigenvalue weighted by atomic mass is 32.2. The van der Waals surface area contributed by atoms with Crippen molar-refractivity contribution in [2.75, 3.05) is 25.0 Å². The molecule has 0 bridgehead atoms. The number of anilines is 1. The van der Waals surface area contributed by atoms with Crippen molar-refractivity contribution in [2.24, 2.45) is 11.8 Å². The number of nitro benzene ring substituents is 1. The molecule has 11 rings (SSSR count). The topological polar surface area (TPSA) is 163 Å². The maximum absolute atomic E-state index is 14.1. The number of likely N-dealkylation sites (tertiary alicyclic amines) is 1. The predicted octanol–water partition coefficient (Wildman–Crippen LogP) is 10.9. The highest BCUT2D eigenvalue weighted by Crippen LogP contribution is 2.47. The zero-order valence-electron chi connectivity index (χ0n) is 38.1. The molecule has 3 aromatic carbocycles. The van der Waals surface area contributed by atoms with Gasteiger partial charge in [0.2, 0.25) is 0 Å². The Balaban J connectivity index is 0.796. The zero-order chi connectivity index (χ0) is 45.6. The van der Waals surface area contributed by atoms with Gasteiger partial charge in [-0.3, -0.25) is 24.7 Å². The highest BCUT2D eigenvalue weighted by molar-refractivity contribution is 7.90. The number of hydrogen-bond donors (Lipinski definition) is 3. The summed E-state index contributed by atoms with van der Waals surface area (Å²) < 4.78 is 36.4. The van der Waals surface area contributed by atoms with Gasteiger partial charge in [0.05, 0.1) is 21.6 Å². The Bertz CT molecular complexity index is 2790. The van der Waals surface area contributed by atoms with Crippen LogP contribution in [0.5, 0.6) is 11.5 Å². The molecule has 5 aromatic rings. The first-order chi connectivity index (χ1) is 32.6. The highest BCUT2D eigenvalue weighted by Gasteiger charge is 2.38. The largest absolute Gasteiger partial charge is 0.455 e. The van der Waals surface area contributed by atoms with E-state index in [4.69, 9.17) is 4.74 Å². The van der Waals surface area contributed by atoms with E-state index >= 15 is 0 Å². The molecule has 0 radical (unpaired) electrons. The number of fused-ring (bicyclic) bond motifs is 1. The molecule has 67 heavy (non-hydrogen) atoms. The number of allylic oxidation sites excluding steroid dienone is 1. The van der Waals surface area contributed by atoms with Gasteiger partial charge in [0.15, 0.2) is 0 Å². The molecule has 1 saturated heterocycles. The number of carbonyl (C=O) groups is 1. The Hall–Kier alpha value is -5.57. The SMILES string of the molecule is O=C(NS(=O)(=O)c1ccc(NC2CCC(N(CC3CC3)CC3CC3)CC2)c([N+](=O)[O-])c1)c1ccc(C2=CCC(N3CCCC3c3ccccc3C3CC3)CC2)cc1Oc1cnc2[nH]ccc2c1. The monoisotopic (exact) mass is 923 g/mol. The van der Waals surface area contributed by atoms with Gasteiger partial charge in [-0.15, -0.1) is 0 Å². The average molecular weight is 924 g/mol. The second-order valence-corrected chi connectivity index (χ2v) is 21.9. The molecular weight excluding hydrogens is 863 g/mol. The third-order valence-corrected chi connectivity index (χ3v) is 16.7. The smallest absolute Gasteiger partial charge is 0.293 e. The molecule has 5 aliphatic carbocycles. The van der Waals surface area contributed by atoms with Crippen LogP contribution in [0.4, 0.5) is 11.4 Å². The van der Waals surface area contributed by atoms with Crippen LogP contribution in [0.25, 0.3) is 16.6 Å². The lowest BCUT2D eigenvalue weighted by molar-refractivity contribution is -0.384. The number of pyridine rings is 1. The van der Waals surface area contributed by atoms with Crippen LogP contribution < -0.4 is 14.8 Å². The lowest BCUT2D eigenvalue weighted by Gasteiger charge is -2.37. The molecule has 1 aliphatic heterocycles. The summed E-state index contributed by atoms with van der Waals surface area (Å²) >= 11 is 0. The number of nitrogens with zero attached hydrogens (tertiary/aromatic N) is 4. The summed E-state index contributed by atoms with van der Waals surface area (Å²) in [5.41, 5.74) is 5.68.